The van der Waals surface area contributed by atoms with Crippen LogP contribution in [0.3, 0.4) is 0 Å². The number of rotatable bonds is 6. The number of pyridine rings is 1. The highest BCUT2D eigenvalue weighted by atomic mass is 16.5. The second kappa shape index (κ2) is 8.41. The number of ether oxygens (including phenoxy) is 1. The summed E-state index contributed by atoms with van der Waals surface area (Å²) in [7, 11) is 1.89. The van der Waals surface area contributed by atoms with E-state index in [0.717, 1.165) is 43.7 Å². The zero-order valence-corrected chi connectivity index (χ0v) is 15.1. The lowest BCUT2D eigenvalue weighted by Crippen LogP contribution is -2.42. The highest BCUT2D eigenvalue weighted by Crippen LogP contribution is 2.19. The molecule has 134 valence electrons. The summed E-state index contributed by atoms with van der Waals surface area (Å²) in [5.74, 6) is 0.200. The minimum atomic E-state index is 0.200. The van der Waals surface area contributed by atoms with Gasteiger partial charge in [-0.3, -0.25) is 14.7 Å². The Balaban J connectivity index is 1.55. The molecule has 0 saturated carbocycles. The molecule has 1 amide bonds. The second-order valence-corrected chi connectivity index (χ2v) is 6.80. The Labute approximate surface area is 149 Å². The first-order valence-electron chi connectivity index (χ1n) is 9.02. The summed E-state index contributed by atoms with van der Waals surface area (Å²) in [6.45, 7) is 6.37. The highest BCUT2D eigenvalue weighted by Gasteiger charge is 2.19. The zero-order valence-electron chi connectivity index (χ0n) is 15.1. The zero-order chi connectivity index (χ0) is 17.6. The fraction of sp³-hybridized carbons (Fsp3) is 0.500. The van der Waals surface area contributed by atoms with Crippen LogP contribution >= 0.6 is 0 Å². The molecule has 1 aromatic heterocycles. The van der Waals surface area contributed by atoms with Gasteiger partial charge >= 0.3 is 0 Å². The van der Waals surface area contributed by atoms with Gasteiger partial charge in [-0.2, -0.15) is 0 Å². The van der Waals surface area contributed by atoms with Crippen molar-refractivity contribution in [1.82, 2.24) is 14.8 Å². The Morgan fingerprint density at radius 1 is 1.32 bits per heavy atom. The molecule has 0 bridgehead atoms. The van der Waals surface area contributed by atoms with E-state index in [1.54, 1.807) is 6.20 Å². The summed E-state index contributed by atoms with van der Waals surface area (Å²) in [6.07, 6.45) is 5.15. The summed E-state index contributed by atoms with van der Waals surface area (Å²) >= 11 is 0. The van der Waals surface area contributed by atoms with Crippen molar-refractivity contribution in [1.29, 1.82) is 0 Å². The third-order valence-corrected chi connectivity index (χ3v) is 5.05. The normalized spacial score (nSPS) is 16.7. The largest absolute Gasteiger partial charge is 0.379 e. The molecular formula is C20H27N3O2. The van der Waals surface area contributed by atoms with Gasteiger partial charge in [-0.15, -0.1) is 0 Å². The summed E-state index contributed by atoms with van der Waals surface area (Å²) in [4.78, 5) is 21.0. The summed E-state index contributed by atoms with van der Waals surface area (Å²) in [6, 6.07) is 8.60. The highest BCUT2D eigenvalue weighted by molar-refractivity contribution is 5.85. The van der Waals surface area contributed by atoms with Crippen molar-refractivity contribution in [2.45, 2.75) is 32.4 Å². The van der Waals surface area contributed by atoms with Crippen molar-refractivity contribution in [3.05, 3.63) is 42.2 Å². The lowest BCUT2D eigenvalue weighted by atomic mass is 10.1. The maximum absolute atomic E-state index is 12.5. The van der Waals surface area contributed by atoms with Crippen LogP contribution in [0.15, 0.2) is 36.7 Å². The van der Waals surface area contributed by atoms with E-state index < -0.39 is 0 Å². The van der Waals surface area contributed by atoms with Gasteiger partial charge in [-0.25, -0.2) is 0 Å². The van der Waals surface area contributed by atoms with E-state index in [9.17, 15) is 4.79 Å². The number of morpholine rings is 1. The standard InChI is InChI=1S/C20H27N3O2/c1-16(23-10-12-25-13-11-23)6-7-20(24)22(2)15-18-5-3-4-17-14-21-9-8-19(17)18/h3-5,8-9,14,16H,6-7,10-13,15H2,1-2H3/t16-/m1/s1. The van der Waals surface area contributed by atoms with E-state index in [1.807, 2.05) is 30.3 Å². The Morgan fingerprint density at radius 2 is 2.12 bits per heavy atom. The molecule has 25 heavy (non-hydrogen) atoms. The lowest BCUT2D eigenvalue weighted by Gasteiger charge is -2.32. The minimum absolute atomic E-state index is 0.200. The number of carbonyl (C=O) groups is 1. The number of aromatic nitrogens is 1. The number of fused-ring (bicyclic) bond motifs is 1. The van der Waals surface area contributed by atoms with E-state index in [4.69, 9.17) is 4.74 Å². The molecule has 1 aromatic carbocycles. The monoisotopic (exact) mass is 341 g/mol. The second-order valence-electron chi connectivity index (χ2n) is 6.80. The first-order valence-corrected chi connectivity index (χ1v) is 9.02. The predicted octanol–water partition coefficient (Wildman–Crippen LogP) is 2.69. The molecule has 2 heterocycles. The van der Waals surface area contributed by atoms with Crippen molar-refractivity contribution < 1.29 is 9.53 Å². The number of hydrogen-bond acceptors (Lipinski definition) is 4. The third-order valence-electron chi connectivity index (χ3n) is 5.05. The number of amides is 1. The molecule has 1 saturated heterocycles. The molecule has 0 spiro atoms. The Bertz CT molecular complexity index is 708. The van der Waals surface area contributed by atoms with Gasteiger partial charge in [-0.1, -0.05) is 18.2 Å². The minimum Gasteiger partial charge on any atom is -0.379 e. The van der Waals surface area contributed by atoms with Crippen LogP contribution in [-0.2, 0) is 16.1 Å². The van der Waals surface area contributed by atoms with Gasteiger partial charge in [0, 0.05) is 56.9 Å². The van der Waals surface area contributed by atoms with Gasteiger partial charge in [-0.05, 0) is 30.4 Å². The summed E-state index contributed by atoms with van der Waals surface area (Å²) in [5.41, 5.74) is 1.16. The molecular weight excluding hydrogens is 314 g/mol. The van der Waals surface area contributed by atoms with Crippen LogP contribution in [0.5, 0.6) is 0 Å². The molecule has 0 aliphatic carbocycles. The van der Waals surface area contributed by atoms with Crippen LogP contribution < -0.4 is 0 Å². The van der Waals surface area contributed by atoms with Gasteiger partial charge in [0.15, 0.2) is 0 Å². The molecule has 0 radical (unpaired) electrons. The van der Waals surface area contributed by atoms with Crippen molar-refractivity contribution >= 4 is 16.7 Å². The van der Waals surface area contributed by atoms with Gasteiger partial charge in [0.1, 0.15) is 0 Å². The maximum Gasteiger partial charge on any atom is 0.222 e. The average molecular weight is 341 g/mol. The maximum atomic E-state index is 12.5. The molecule has 5 heteroatoms. The van der Waals surface area contributed by atoms with Crippen LogP contribution in [0.1, 0.15) is 25.3 Å². The van der Waals surface area contributed by atoms with Crippen LogP contribution in [0.4, 0.5) is 0 Å². The average Bonchev–Trinajstić information content (AvgIpc) is 2.66. The molecule has 3 rings (SSSR count). The van der Waals surface area contributed by atoms with E-state index in [-0.39, 0.29) is 5.91 Å². The number of carbonyl (C=O) groups excluding carboxylic acids is 1. The van der Waals surface area contributed by atoms with Crippen LogP contribution in [0.2, 0.25) is 0 Å². The Hall–Kier alpha value is -1.98. The fourth-order valence-corrected chi connectivity index (χ4v) is 3.40. The fourth-order valence-electron chi connectivity index (χ4n) is 3.40. The first-order chi connectivity index (χ1) is 12.1. The van der Waals surface area contributed by atoms with Crippen molar-refractivity contribution in [2.24, 2.45) is 0 Å². The van der Waals surface area contributed by atoms with Crippen molar-refractivity contribution in [3.63, 3.8) is 0 Å². The lowest BCUT2D eigenvalue weighted by molar-refractivity contribution is -0.130. The van der Waals surface area contributed by atoms with Gasteiger partial charge in [0.2, 0.25) is 5.91 Å². The molecule has 5 nitrogen and oxygen atoms in total. The smallest absolute Gasteiger partial charge is 0.222 e. The van der Waals surface area contributed by atoms with Crippen molar-refractivity contribution in [3.8, 4) is 0 Å². The predicted molar refractivity (Wildman–Crippen MR) is 99.3 cm³/mol. The molecule has 0 unspecified atom stereocenters. The van der Waals surface area contributed by atoms with E-state index in [2.05, 4.69) is 28.9 Å². The van der Waals surface area contributed by atoms with E-state index in [0.29, 0.717) is 19.0 Å². The topological polar surface area (TPSA) is 45.7 Å². The molecule has 1 aliphatic rings. The molecule has 0 N–H and O–H groups in total. The van der Waals surface area contributed by atoms with Gasteiger partial charge in [0.25, 0.3) is 0 Å². The van der Waals surface area contributed by atoms with Crippen molar-refractivity contribution in [2.75, 3.05) is 33.4 Å². The van der Waals surface area contributed by atoms with Gasteiger partial charge in [0.05, 0.1) is 13.2 Å². The molecule has 2 aromatic rings. The third kappa shape index (κ3) is 4.55. The van der Waals surface area contributed by atoms with Crippen LogP contribution in [0, 0.1) is 0 Å². The van der Waals surface area contributed by atoms with E-state index in [1.165, 1.54) is 5.39 Å². The van der Waals surface area contributed by atoms with Crippen LogP contribution in [0.25, 0.3) is 10.8 Å². The van der Waals surface area contributed by atoms with Crippen LogP contribution in [-0.4, -0.2) is 60.1 Å². The quantitative estimate of drug-likeness (QED) is 0.810. The SMILES string of the molecule is C[C@H](CCC(=O)N(C)Cc1cccc2cnccc12)N1CCOCC1. The number of hydrogen-bond donors (Lipinski definition) is 0. The van der Waals surface area contributed by atoms with E-state index >= 15 is 0 Å². The first kappa shape index (κ1) is 17.8. The number of nitrogens with zero attached hydrogens (tertiary/aromatic N) is 3. The van der Waals surface area contributed by atoms with Gasteiger partial charge < -0.3 is 9.64 Å². The molecule has 1 fully saturated rings. The summed E-state index contributed by atoms with van der Waals surface area (Å²) < 4.78 is 5.39. The molecule has 1 aliphatic heterocycles. The Morgan fingerprint density at radius 3 is 2.92 bits per heavy atom. The molecule has 1 atom stereocenters. The summed E-state index contributed by atoms with van der Waals surface area (Å²) in [5, 5.41) is 2.28. The number of benzene rings is 1. The Kier molecular flexibility index (Phi) is 6.00.